The molecular formula is C8H5ClF3NO2. The molecule has 0 aliphatic heterocycles. The van der Waals surface area contributed by atoms with Crippen LogP contribution in [0.15, 0.2) is 6.07 Å². The van der Waals surface area contributed by atoms with Crippen molar-refractivity contribution in [1.82, 2.24) is 4.98 Å². The maximum absolute atomic E-state index is 13.0. The Kier molecular flexibility index (Phi) is 3.52. The number of esters is 1. The molecule has 0 unspecified atom stereocenters. The van der Waals surface area contributed by atoms with E-state index in [-0.39, 0.29) is 0 Å². The van der Waals surface area contributed by atoms with Crippen molar-refractivity contribution in [2.45, 2.75) is 6.43 Å². The van der Waals surface area contributed by atoms with E-state index in [2.05, 4.69) is 9.72 Å². The van der Waals surface area contributed by atoms with Crippen LogP contribution in [0.2, 0.25) is 5.15 Å². The van der Waals surface area contributed by atoms with Crippen molar-refractivity contribution in [2.75, 3.05) is 7.11 Å². The molecule has 0 aromatic carbocycles. The van der Waals surface area contributed by atoms with Gasteiger partial charge in [0.25, 0.3) is 6.43 Å². The predicted molar refractivity (Wildman–Crippen MR) is 45.5 cm³/mol. The van der Waals surface area contributed by atoms with Crippen molar-refractivity contribution in [3.05, 3.63) is 28.3 Å². The highest BCUT2D eigenvalue weighted by atomic mass is 35.5. The summed E-state index contributed by atoms with van der Waals surface area (Å²) >= 11 is 5.24. The molecule has 0 atom stereocenters. The van der Waals surface area contributed by atoms with Gasteiger partial charge >= 0.3 is 5.97 Å². The third-order valence-corrected chi connectivity index (χ3v) is 1.83. The molecule has 0 saturated carbocycles. The van der Waals surface area contributed by atoms with Crippen molar-refractivity contribution in [1.29, 1.82) is 0 Å². The number of methoxy groups -OCH3 is 1. The number of carbonyl (C=O) groups is 1. The predicted octanol–water partition coefficient (Wildman–Crippen LogP) is 2.60. The van der Waals surface area contributed by atoms with E-state index in [0.717, 1.165) is 7.11 Å². The Morgan fingerprint density at radius 3 is 2.67 bits per heavy atom. The van der Waals surface area contributed by atoms with Crippen molar-refractivity contribution in [3.8, 4) is 0 Å². The van der Waals surface area contributed by atoms with Gasteiger partial charge in [0.05, 0.1) is 12.7 Å². The number of ether oxygens (including phenoxy) is 1. The summed E-state index contributed by atoms with van der Waals surface area (Å²) in [5.74, 6) is -2.29. The van der Waals surface area contributed by atoms with E-state index in [1.54, 1.807) is 0 Å². The Morgan fingerprint density at radius 2 is 2.20 bits per heavy atom. The molecule has 0 saturated heterocycles. The number of carbonyl (C=O) groups excluding carboxylic acids is 1. The molecule has 1 rings (SSSR count). The van der Waals surface area contributed by atoms with E-state index in [1.165, 1.54) is 0 Å². The van der Waals surface area contributed by atoms with Gasteiger partial charge in [-0.15, -0.1) is 0 Å². The van der Waals surface area contributed by atoms with Gasteiger partial charge in [-0.3, -0.25) is 0 Å². The van der Waals surface area contributed by atoms with Crippen molar-refractivity contribution in [2.24, 2.45) is 0 Å². The average Bonchev–Trinajstić information content (AvgIpc) is 2.20. The molecule has 0 amide bonds. The second kappa shape index (κ2) is 4.48. The minimum atomic E-state index is -3.08. The van der Waals surface area contributed by atoms with Gasteiger partial charge in [-0.25, -0.2) is 22.9 Å². The number of halogens is 4. The van der Waals surface area contributed by atoms with Gasteiger partial charge in [0.2, 0.25) is 0 Å². The largest absolute Gasteiger partial charge is 0.464 e. The SMILES string of the molecule is COC(=O)c1cc(C(F)F)c(F)c(Cl)n1. The van der Waals surface area contributed by atoms with Crippen molar-refractivity contribution >= 4 is 17.6 Å². The fraction of sp³-hybridized carbons (Fsp3) is 0.250. The Hall–Kier alpha value is -1.30. The number of rotatable bonds is 2. The van der Waals surface area contributed by atoms with E-state index in [4.69, 9.17) is 11.6 Å². The molecule has 15 heavy (non-hydrogen) atoms. The molecule has 1 aromatic rings. The molecule has 0 bridgehead atoms. The van der Waals surface area contributed by atoms with Crippen LogP contribution in [-0.2, 0) is 4.74 Å². The van der Waals surface area contributed by atoms with Gasteiger partial charge in [0, 0.05) is 0 Å². The Balaban J connectivity index is 3.29. The maximum atomic E-state index is 13.0. The fourth-order valence-corrected chi connectivity index (χ4v) is 1.08. The molecule has 0 aliphatic carbocycles. The topological polar surface area (TPSA) is 39.2 Å². The van der Waals surface area contributed by atoms with Crippen LogP contribution in [0.1, 0.15) is 22.5 Å². The van der Waals surface area contributed by atoms with Crippen molar-refractivity contribution in [3.63, 3.8) is 0 Å². The monoisotopic (exact) mass is 239 g/mol. The van der Waals surface area contributed by atoms with Gasteiger partial charge in [0.1, 0.15) is 0 Å². The minimum Gasteiger partial charge on any atom is -0.464 e. The molecule has 0 aliphatic rings. The molecule has 0 spiro atoms. The van der Waals surface area contributed by atoms with E-state index in [9.17, 15) is 18.0 Å². The summed E-state index contributed by atoms with van der Waals surface area (Å²) in [6.45, 7) is 0. The number of nitrogens with zero attached hydrogens (tertiary/aromatic N) is 1. The van der Waals surface area contributed by atoms with E-state index in [0.29, 0.717) is 6.07 Å². The molecular weight excluding hydrogens is 235 g/mol. The molecule has 82 valence electrons. The van der Waals surface area contributed by atoms with Crippen LogP contribution in [0.4, 0.5) is 13.2 Å². The van der Waals surface area contributed by atoms with Crippen LogP contribution in [0.25, 0.3) is 0 Å². The van der Waals surface area contributed by atoms with Gasteiger partial charge in [-0.2, -0.15) is 0 Å². The Morgan fingerprint density at radius 1 is 1.60 bits per heavy atom. The first-order valence-electron chi connectivity index (χ1n) is 3.69. The summed E-state index contributed by atoms with van der Waals surface area (Å²) in [4.78, 5) is 14.2. The first-order valence-corrected chi connectivity index (χ1v) is 4.07. The summed E-state index contributed by atoms with van der Waals surface area (Å²) in [7, 11) is 1.04. The zero-order valence-electron chi connectivity index (χ0n) is 7.43. The summed E-state index contributed by atoms with van der Waals surface area (Å²) in [6.07, 6.45) is -3.08. The molecule has 7 heteroatoms. The van der Waals surface area contributed by atoms with Crippen LogP contribution in [0.5, 0.6) is 0 Å². The second-order valence-corrected chi connectivity index (χ2v) is 2.85. The Labute approximate surface area is 87.8 Å². The lowest BCUT2D eigenvalue weighted by Gasteiger charge is -2.05. The molecule has 0 N–H and O–H groups in total. The number of alkyl halides is 2. The minimum absolute atomic E-state index is 0.459. The first kappa shape index (κ1) is 11.8. The highest BCUT2D eigenvalue weighted by Gasteiger charge is 2.21. The van der Waals surface area contributed by atoms with Crippen LogP contribution < -0.4 is 0 Å². The van der Waals surface area contributed by atoms with E-state index < -0.39 is 34.6 Å². The summed E-state index contributed by atoms with van der Waals surface area (Å²) in [5.41, 5.74) is -1.44. The van der Waals surface area contributed by atoms with Crippen LogP contribution in [0.3, 0.4) is 0 Å². The first-order chi connectivity index (χ1) is 6.97. The molecule has 1 aromatic heterocycles. The number of hydrogen-bond acceptors (Lipinski definition) is 3. The number of aromatic nitrogens is 1. The van der Waals surface area contributed by atoms with Crippen LogP contribution in [-0.4, -0.2) is 18.1 Å². The van der Waals surface area contributed by atoms with Crippen LogP contribution >= 0.6 is 11.6 Å². The quantitative estimate of drug-likeness (QED) is 0.588. The molecule has 0 radical (unpaired) electrons. The van der Waals surface area contributed by atoms with E-state index in [1.807, 2.05) is 0 Å². The van der Waals surface area contributed by atoms with Gasteiger partial charge in [0.15, 0.2) is 16.7 Å². The zero-order valence-corrected chi connectivity index (χ0v) is 8.19. The molecule has 3 nitrogen and oxygen atoms in total. The maximum Gasteiger partial charge on any atom is 0.356 e. The molecule has 1 heterocycles. The molecule has 0 fully saturated rings. The zero-order chi connectivity index (χ0) is 11.6. The van der Waals surface area contributed by atoms with E-state index >= 15 is 0 Å². The second-order valence-electron chi connectivity index (χ2n) is 2.49. The Bertz CT molecular complexity index is 398. The standard InChI is InChI=1S/C8H5ClF3NO2/c1-15-8(14)4-2-3(7(11)12)5(10)6(9)13-4/h2,7H,1H3. The van der Waals surface area contributed by atoms with Crippen molar-refractivity contribution < 1.29 is 22.7 Å². The summed E-state index contributed by atoms with van der Waals surface area (Å²) in [6, 6.07) is 0.609. The van der Waals surface area contributed by atoms with Crippen LogP contribution in [0, 0.1) is 5.82 Å². The summed E-state index contributed by atoms with van der Waals surface area (Å²) < 4.78 is 41.8. The third-order valence-electron chi connectivity index (χ3n) is 1.58. The summed E-state index contributed by atoms with van der Waals surface area (Å²) in [5, 5.41) is -0.784. The average molecular weight is 240 g/mol. The smallest absolute Gasteiger partial charge is 0.356 e. The number of hydrogen-bond donors (Lipinski definition) is 0. The lowest BCUT2D eigenvalue weighted by Crippen LogP contribution is -2.07. The fourth-order valence-electron chi connectivity index (χ4n) is 0.885. The highest BCUT2D eigenvalue weighted by molar-refractivity contribution is 6.29. The third kappa shape index (κ3) is 2.38. The lowest BCUT2D eigenvalue weighted by molar-refractivity contribution is 0.0593. The lowest BCUT2D eigenvalue weighted by atomic mass is 10.2. The number of pyridine rings is 1. The normalized spacial score (nSPS) is 10.5. The van der Waals surface area contributed by atoms with Gasteiger partial charge in [-0.05, 0) is 6.07 Å². The highest BCUT2D eigenvalue weighted by Crippen LogP contribution is 2.26. The van der Waals surface area contributed by atoms with Gasteiger partial charge in [-0.1, -0.05) is 11.6 Å². The van der Waals surface area contributed by atoms with Gasteiger partial charge < -0.3 is 4.74 Å².